The molecule has 4 rings (SSSR count). The zero-order chi connectivity index (χ0) is 21.6. The molecule has 2 fully saturated rings. The van der Waals surface area contributed by atoms with Crippen molar-refractivity contribution in [3.05, 3.63) is 54.1 Å². The summed E-state index contributed by atoms with van der Waals surface area (Å²) in [4.78, 5) is 12.5. The Bertz CT molecular complexity index is 847. The van der Waals surface area contributed by atoms with E-state index in [4.69, 9.17) is 18.9 Å². The maximum absolute atomic E-state index is 12.5. The highest BCUT2D eigenvalue weighted by Gasteiger charge is 2.48. The van der Waals surface area contributed by atoms with Gasteiger partial charge < -0.3 is 24.1 Å². The van der Waals surface area contributed by atoms with Gasteiger partial charge in [0, 0.05) is 0 Å². The van der Waals surface area contributed by atoms with Gasteiger partial charge in [-0.1, -0.05) is 50.5 Å². The first-order valence-corrected chi connectivity index (χ1v) is 11.1. The van der Waals surface area contributed by atoms with Gasteiger partial charge in [0.25, 0.3) is 0 Å². The molecular formula is C25H30O6. The van der Waals surface area contributed by atoms with Gasteiger partial charge in [0.05, 0.1) is 25.4 Å². The van der Waals surface area contributed by atoms with Crippen LogP contribution in [0.2, 0.25) is 0 Å². The highest BCUT2D eigenvalue weighted by atomic mass is 16.6. The van der Waals surface area contributed by atoms with Crippen LogP contribution in [0, 0.1) is 0 Å². The smallest absolute Gasteiger partial charge is 0.338 e. The van der Waals surface area contributed by atoms with E-state index >= 15 is 0 Å². The summed E-state index contributed by atoms with van der Waals surface area (Å²) in [6.45, 7) is 3.39. The Morgan fingerprint density at radius 2 is 1.61 bits per heavy atom. The average Bonchev–Trinajstić information content (AvgIpc) is 3.37. The summed E-state index contributed by atoms with van der Waals surface area (Å²) < 4.78 is 22.4. The molecule has 0 radical (unpaired) electrons. The third kappa shape index (κ3) is 5.26. The lowest BCUT2D eigenvalue weighted by molar-refractivity contribution is -0.0209. The van der Waals surface area contributed by atoms with E-state index in [9.17, 15) is 9.90 Å². The molecule has 0 spiro atoms. The number of aliphatic hydroxyl groups excluding tert-OH is 1. The molecule has 2 heterocycles. The molecule has 0 unspecified atom stereocenters. The number of benzene rings is 2. The van der Waals surface area contributed by atoms with Crippen molar-refractivity contribution in [3.63, 3.8) is 0 Å². The molecule has 6 nitrogen and oxygen atoms in total. The van der Waals surface area contributed by atoms with Gasteiger partial charge in [-0.15, -0.1) is 0 Å². The molecular weight excluding hydrogens is 396 g/mol. The molecule has 2 aliphatic rings. The minimum Gasteiger partial charge on any atom is -0.494 e. The predicted molar refractivity (Wildman–Crippen MR) is 116 cm³/mol. The van der Waals surface area contributed by atoms with Crippen LogP contribution >= 0.6 is 0 Å². The molecule has 166 valence electrons. The summed E-state index contributed by atoms with van der Waals surface area (Å²) in [5.41, 5.74) is 2.54. The largest absolute Gasteiger partial charge is 0.494 e. The summed E-state index contributed by atoms with van der Waals surface area (Å²) in [7, 11) is 0. The lowest BCUT2D eigenvalue weighted by Crippen LogP contribution is -2.34. The van der Waals surface area contributed by atoms with Crippen LogP contribution in [0.15, 0.2) is 48.5 Å². The van der Waals surface area contributed by atoms with E-state index in [-0.39, 0.29) is 13.2 Å². The SMILES string of the molecule is CCCCCCOc1ccc(-c2ccc(C(=O)O[C@@H]3CO[C@H]4[C@@H]3OC[C@@H]4O)cc2)cc1. The molecule has 4 atom stereocenters. The van der Waals surface area contributed by atoms with E-state index in [1.165, 1.54) is 19.3 Å². The second-order valence-electron chi connectivity index (χ2n) is 8.12. The van der Waals surface area contributed by atoms with Gasteiger partial charge in [-0.3, -0.25) is 0 Å². The fourth-order valence-electron chi connectivity index (χ4n) is 4.01. The van der Waals surface area contributed by atoms with Gasteiger partial charge in [-0.25, -0.2) is 4.79 Å². The molecule has 0 aromatic heterocycles. The number of unbranched alkanes of at least 4 members (excludes halogenated alkanes) is 3. The Balaban J connectivity index is 1.30. The van der Waals surface area contributed by atoms with Gasteiger partial charge in [0.15, 0.2) is 6.10 Å². The van der Waals surface area contributed by atoms with Crippen molar-refractivity contribution in [1.82, 2.24) is 0 Å². The van der Waals surface area contributed by atoms with Crippen LogP contribution in [-0.4, -0.2) is 55.3 Å². The zero-order valence-corrected chi connectivity index (χ0v) is 17.9. The minimum atomic E-state index is -0.661. The second kappa shape index (κ2) is 10.3. The minimum absolute atomic E-state index is 0.209. The van der Waals surface area contributed by atoms with Crippen LogP contribution in [0.3, 0.4) is 0 Å². The van der Waals surface area contributed by atoms with Crippen molar-refractivity contribution in [1.29, 1.82) is 0 Å². The Hall–Kier alpha value is -2.41. The first-order chi connectivity index (χ1) is 15.2. The highest BCUT2D eigenvalue weighted by molar-refractivity contribution is 5.90. The number of fused-ring (bicyclic) bond motifs is 1. The molecule has 0 saturated carbocycles. The van der Waals surface area contributed by atoms with Crippen molar-refractivity contribution >= 4 is 5.97 Å². The van der Waals surface area contributed by atoms with Gasteiger partial charge in [-0.2, -0.15) is 0 Å². The normalized spacial score (nSPS) is 24.7. The van der Waals surface area contributed by atoms with Crippen molar-refractivity contribution < 1.29 is 28.8 Å². The predicted octanol–water partition coefficient (Wildman–Crippen LogP) is 4.00. The number of hydrogen-bond donors (Lipinski definition) is 1. The molecule has 0 amide bonds. The van der Waals surface area contributed by atoms with Crippen molar-refractivity contribution in [3.8, 4) is 16.9 Å². The lowest BCUT2D eigenvalue weighted by atomic mass is 10.0. The summed E-state index contributed by atoms with van der Waals surface area (Å²) >= 11 is 0. The number of carbonyl (C=O) groups excluding carboxylic acids is 1. The van der Waals surface area contributed by atoms with Crippen LogP contribution in [0.25, 0.3) is 11.1 Å². The Kier molecular flexibility index (Phi) is 7.22. The monoisotopic (exact) mass is 426 g/mol. The fraction of sp³-hybridized carbons (Fsp3) is 0.480. The first-order valence-electron chi connectivity index (χ1n) is 11.1. The van der Waals surface area contributed by atoms with Crippen molar-refractivity contribution in [2.45, 2.75) is 57.0 Å². The Morgan fingerprint density at radius 3 is 2.32 bits per heavy atom. The Labute approximate surface area is 183 Å². The van der Waals surface area contributed by atoms with E-state index in [1.54, 1.807) is 12.1 Å². The zero-order valence-electron chi connectivity index (χ0n) is 17.9. The third-order valence-electron chi connectivity index (χ3n) is 5.82. The molecule has 0 bridgehead atoms. The highest BCUT2D eigenvalue weighted by Crippen LogP contribution is 2.29. The number of rotatable bonds is 9. The van der Waals surface area contributed by atoms with Crippen LogP contribution < -0.4 is 4.74 Å². The van der Waals surface area contributed by atoms with E-state index in [0.29, 0.717) is 5.56 Å². The molecule has 2 saturated heterocycles. The number of aliphatic hydroxyl groups is 1. The fourth-order valence-corrected chi connectivity index (χ4v) is 4.01. The van der Waals surface area contributed by atoms with Crippen molar-refractivity contribution in [2.24, 2.45) is 0 Å². The maximum atomic E-state index is 12.5. The molecule has 31 heavy (non-hydrogen) atoms. The number of ether oxygens (including phenoxy) is 4. The molecule has 6 heteroatoms. The van der Waals surface area contributed by atoms with Gasteiger partial charge >= 0.3 is 5.97 Å². The first kappa shape index (κ1) is 21.8. The number of esters is 1. The standard InChI is InChI=1S/C25H30O6/c1-2-3-4-5-14-28-20-12-10-18(11-13-20)17-6-8-19(9-7-17)25(27)31-22-16-30-23-21(26)15-29-24(22)23/h6-13,21-24,26H,2-5,14-16H2,1H3/t21-,22+,23+,24+/m0/s1. The van der Waals surface area contributed by atoms with Crippen LogP contribution in [-0.2, 0) is 14.2 Å². The van der Waals surface area contributed by atoms with Crippen LogP contribution in [0.1, 0.15) is 43.0 Å². The van der Waals surface area contributed by atoms with E-state index in [2.05, 4.69) is 6.92 Å². The topological polar surface area (TPSA) is 74.2 Å². The summed E-state index contributed by atoms with van der Waals surface area (Å²) in [5.74, 6) is 0.453. The van der Waals surface area contributed by atoms with E-state index in [1.807, 2.05) is 36.4 Å². The molecule has 2 aromatic rings. The lowest BCUT2D eigenvalue weighted by Gasteiger charge is -2.16. The second-order valence-corrected chi connectivity index (χ2v) is 8.12. The van der Waals surface area contributed by atoms with Gasteiger partial charge in [0.1, 0.15) is 24.1 Å². The summed E-state index contributed by atoms with van der Waals surface area (Å²) in [6.07, 6.45) is 2.78. The Morgan fingerprint density at radius 1 is 0.935 bits per heavy atom. The number of carbonyl (C=O) groups is 1. The van der Waals surface area contributed by atoms with Gasteiger partial charge in [0.2, 0.25) is 0 Å². The maximum Gasteiger partial charge on any atom is 0.338 e. The molecule has 2 aromatic carbocycles. The molecule has 0 aliphatic carbocycles. The van der Waals surface area contributed by atoms with Crippen molar-refractivity contribution in [2.75, 3.05) is 19.8 Å². The van der Waals surface area contributed by atoms with Crippen LogP contribution in [0.5, 0.6) is 5.75 Å². The van der Waals surface area contributed by atoms with E-state index in [0.717, 1.165) is 29.9 Å². The molecule has 2 aliphatic heterocycles. The summed E-state index contributed by atoms with van der Waals surface area (Å²) in [6, 6.07) is 15.3. The van der Waals surface area contributed by atoms with E-state index < -0.39 is 30.4 Å². The third-order valence-corrected chi connectivity index (χ3v) is 5.82. The quantitative estimate of drug-likeness (QED) is 0.483. The molecule has 1 N–H and O–H groups in total. The number of hydrogen-bond acceptors (Lipinski definition) is 6. The van der Waals surface area contributed by atoms with Gasteiger partial charge in [-0.05, 0) is 41.8 Å². The van der Waals surface area contributed by atoms with Crippen LogP contribution in [0.4, 0.5) is 0 Å². The summed E-state index contributed by atoms with van der Waals surface area (Å²) in [5, 5.41) is 9.80. The average molecular weight is 427 g/mol.